The summed E-state index contributed by atoms with van der Waals surface area (Å²) in [4.78, 5) is 29.2. The van der Waals surface area contributed by atoms with Crippen molar-refractivity contribution < 1.29 is 14.4 Å². The highest BCUT2D eigenvalue weighted by atomic mass is 35.5. The monoisotopic (exact) mass is 309 g/mol. The van der Waals surface area contributed by atoms with Crippen LogP contribution in [0, 0.1) is 11.3 Å². The molecule has 0 N–H and O–H groups in total. The molecule has 1 aliphatic rings. The number of nitrogens with zero attached hydrogens (tertiary/aromatic N) is 1. The Morgan fingerprint density at radius 2 is 1.95 bits per heavy atom. The van der Waals surface area contributed by atoms with Gasteiger partial charge in [0, 0.05) is 17.5 Å². The topological polar surface area (TPSA) is 46.6 Å². The molecule has 1 fully saturated rings. The second kappa shape index (κ2) is 6.16. The molecule has 114 valence electrons. The van der Waals surface area contributed by atoms with Crippen molar-refractivity contribution in [1.82, 2.24) is 5.06 Å². The van der Waals surface area contributed by atoms with Gasteiger partial charge in [-0.05, 0) is 44.9 Å². The van der Waals surface area contributed by atoms with Gasteiger partial charge in [-0.15, -0.1) is 5.06 Å². The molecule has 0 aliphatic carbocycles. The fraction of sp³-hybridized carbons (Fsp3) is 0.500. The molecule has 0 bridgehead atoms. The predicted molar refractivity (Wildman–Crippen MR) is 80.8 cm³/mol. The van der Waals surface area contributed by atoms with E-state index in [0.29, 0.717) is 18.0 Å². The van der Waals surface area contributed by atoms with Gasteiger partial charge < -0.3 is 4.84 Å². The quantitative estimate of drug-likeness (QED) is 0.861. The van der Waals surface area contributed by atoms with Crippen molar-refractivity contribution in [2.45, 2.75) is 27.2 Å². The minimum absolute atomic E-state index is 0.103. The molecule has 1 unspecified atom stereocenters. The number of halogens is 1. The highest BCUT2D eigenvalue weighted by Crippen LogP contribution is 2.22. The van der Waals surface area contributed by atoms with E-state index in [2.05, 4.69) is 0 Å². The van der Waals surface area contributed by atoms with Crippen LogP contribution in [0.1, 0.15) is 26.3 Å². The van der Waals surface area contributed by atoms with Gasteiger partial charge in [0.15, 0.2) is 5.78 Å². The fourth-order valence-electron chi connectivity index (χ4n) is 2.12. The normalized spacial score (nSPS) is 19.8. The molecule has 1 aliphatic heterocycles. The maximum absolute atomic E-state index is 12.0. The van der Waals surface area contributed by atoms with E-state index in [1.54, 1.807) is 20.8 Å². The van der Waals surface area contributed by atoms with Crippen LogP contribution in [0.3, 0.4) is 0 Å². The number of hydroxylamine groups is 2. The highest BCUT2D eigenvalue weighted by Gasteiger charge is 2.35. The summed E-state index contributed by atoms with van der Waals surface area (Å²) >= 11 is 5.85. The van der Waals surface area contributed by atoms with Crippen LogP contribution >= 0.6 is 11.6 Å². The third kappa shape index (κ3) is 4.29. The smallest absolute Gasteiger partial charge is 0.330 e. The first-order valence-corrected chi connectivity index (χ1v) is 7.38. The maximum Gasteiger partial charge on any atom is 0.330 e. The summed E-state index contributed by atoms with van der Waals surface area (Å²) < 4.78 is 0. The summed E-state index contributed by atoms with van der Waals surface area (Å²) in [6, 6.07) is 7.46. The first-order valence-electron chi connectivity index (χ1n) is 7.00. The molecule has 0 radical (unpaired) electrons. The zero-order chi connectivity index (χ0) is 15.6. The van der Waals surface area contributed by atoms with Gasteiger partial charge in [-0.1, -0.05) is 23.7 Å². The lowest BCUT2D eigenvalue weighted by molar-refractivity contribution is -0.195. The van der Waals surface area contributed by atoms with Crippen LogP contribution in [0.25, 0.3) is 0 Å². The minimum atomic E-state index is -0.572. The second-order valence-corrected chi connectivity index (χ2v) is 6.88. The Bertz CT molecular complexity index is 533. The number of hydrogen-bond acceptors (Lipinski definition) is 4. The number of Topliss-reactive ketones (excluding diaryl/α,β-unsaturated/α-hetero) is 1. The number of ketones is 1. The standard InChI is InChI=1S/C16H20ClNO3/c1-16(2,3)15(20)21-18-9-12(14(19)10-18)8-11-4-6-13(17)7-5-11/h4-7,12H,8-10H2,1-3H3. The van der Waals surface area contributed by atoms with E-state index in [9.17, 15) is 9.59 Å². The largest absolute Gasteiger partial charge is 0.367 e. The first kappa shape index (κ1) is 16.0. The molecule has 0 spiro atoms. The van der Waals surface area contributed by atoms with Crippen LogP contribution in [0.15, 0.2) is 24.3 Å². The van der Waals surface area contributed by atoms with Crippen LogP contribution in [0.5, 0.6) is 0 Å². The van der Waals surface area contributed by atoms with E-state index in [1.807, 2.05) is 24.3 Å². The van der Waals surface area contributed by atoms with E-state index in [1.165, 1.54) is 5.06 Å². The molecule has 0 aromatic heterocycles. The molecule has 1 aromatic carbocycles. The van der Waals surface area contributed by atoms with Crippen molar-refractivity contribution in [2.75, 3.05) is 13.1 Å². The molecule has 2 rings (SSSR count). The van der Waals surface area contributed by atoms with Crippen LogP contribution < -0.4 is 0 Å². The molecule has 4 nitrogen and oxygen atoms in total. The average molecular weight is 310 g/mol. The number of rotatable bonds is 3. The van der Waals surface area contributed by atoms with Gasteiger partial charge in [0.1, 0.15) is 0 Å². The van der Waals surface area contributed by atoms with Crippen molar-refractivity contribution in [2.24, 2.45) is 11.3 Å². The summed E-state index contributed by atoms with van der Waals surface area (Å²) in [5.41, 5.74) is 0.485. The SMILES string of the molecule is CC(C)(C)C(=O)ON1CC(=O)C(Cc2ccc(Cl)cc2)C1. The van der Waals surface area contributed by atoms with E-state index in [0.717, 1.165) is 5.56 Å². The number of benzene rings is 1. The van der Waals surface area contributed by atoms with Gasteiger partial charge in [0.25, 0.3) is 0 Å². The van der Waals surface area contributed by atoms with E-state index in [-0.39, 0.29) is 24.2 Å². The Morgan fingerprint density at radius 3 is 2.52 bits per heavy atom. The second-order valence-electron chi connectivity index (χ2n) is 6.45. The Balaban J connectivity index is 1.94. The van der Waals surface area contributed by atoms with E-state index in [4.69, 9.17) is 16.4 Å². The molecular formula is C16H20ClNO3. The fourth-order valence-corrected chi connectivity index (χ4v) is 2.25. The zero-order valence-electron chi connectivity index (χ0n) is 12.6. The molecule has 5 heteroatoms. The number of carbonyl (C=O) groups excluding carboxylic acids is 2. The highest BCUT2D eigenvalue weighted by molar-refractivity contribution is 6.30. The van der Waals surface area contributed by atoms with Crippen molar-refractivity contribution in [3.8, 4) is 0 Å². The Kier molecular flexibility index (Phi) is 4.69. The van der Waals surface area contributed by atoms with Gasteiger partial charge in [-0.2, -0.15) is 0 Å². The van der Waals surface area contributed by atoms with Crippen molar-refractivity contribution in [3.05, 3.63) is 34.9 Å². The lowest BCUT2D eigenvalue weighted by Crippen LogP contribution is -2.32. The van der Waals surface area contributed by atoms with Gasteiger partial charge >= 0.3 is 5.97 Å². The number of carbonyl (C=O) groups is 2. The lowest BCUT2D eigenvalue weighted by Gasteiger charge is -2.21. The zero-order valence-corrected chi connectivity index (χ0v) is 13.3. The average Bonchev–Trinajstić information content (AvgIpc) is 2.71. The summed E-state index contributed by atoms with van der Waals surface area (Å²) in [6.07, 6.45) is 0.638. The van der Waals surface area contributed by atoms with Crippen LogP contribution in [-0.2, 0) is 20.8 Å². The number of hydrogen-bond donors (Lipinski definition) is 0. The molecule has 0 amide bonds. The third-order valence-electron chi connectivity index (χ3n) is 3.43. The first-order chi connectivity index (χ1) is 9.75. The van der Waals surface area contributed by atoms with E-state index >= 15 is 0 Å². The van der Waals surface area contributed by atoms with Gasteiger partial charge in [0.2, 0.25) is 0 Å². The minimum Gasteiger partial charge on any atom is -0.367 e. The van der Waals surface area contributed by atoms with Crippen molar-refractivity contribution in [3.63, 3.8) is 0 Å². The van der Waals surface area contributed by atoms with Gasteiger partial charge in [0.05, 0.1) is 12.0 Å². The molecular weight excluding hydrogens is 290 g/mol. The lowest BCUT2D eigenvalue weighted by atomic mass is 9.98. The van der Waals surface area contributed by atoms with Gasteiger partial charge in [-0.25, -0.2) is 4.79 Å². The Morgan fingerprint density at radius 1 is 1.33 bits per heavy atom. The third-order valence-corrected chi connectivity index (χ3v) is 3.68. The van der Waals surface area contributed by atoms with Gasteiger partial charge in [-0.3, -0.25) is 4.79 Å². The summed E-state index contributed by atoms with van der Waals surface area (Å²) in [7, 11) is 0. The molecule has 1 atom stereocenters. The molecule has 1 saturated heterocycles. The molecule has 1 heterocycles. The molecule has 1 aromatic rings. The Labute approximate surface area is 130 Å². The summed E-state index contributed by atoms with van der Waals surface area (Å²) in [6.45, 7) is 5.98. The Hall–Kier alpha value is -1.39. The van der Waals surface area contributed by atoms with E-state index < -0.39 is 5.41 Å². The summed E-state index contributed by atoms with van der Waals surface area (Å²) in [5.74, 6) is -0.354. The van der Waals surface area contributed by atoms with Crippen LogP contribution in [0.4, 0.5) is 0 Å². The molecule has 21 heavy (non-hydrogen) atoms. The molecule has 0 saturated carbocycles. The maximum atomic E-state index is 12.0. The van der Waals surface area contributed by atoms with Crippen LogP contribution in [-0.4, -0.2) is 29.9 Å². The van der Waals surface area contributed by atoms with Crippen molar-refractivity contribution >= 4 is 23.4 Å². The summed E-state index contributed by atoms with van der Waals surface area (Å²) in [5, 5.41) is 2.15. The van der Waals surface area contributed by atoms with Crippen molar-refractivity contribution in [1.29, 1.82) is 0 Å². The van der Waals surface area contributed by atoms with Crippen LogP contribution in [0.2, 0.25) is 5.02 Å². The predicted octanol–water partition coefficient (Wildman–Crippen LogP) is 2.89.